The SMILES string of the molecule is CC#CC[C@](C)(COC)[C@@H](NC(=O)OCC1c2ccccc2-c2ccccc21)C(=O)O. The third-order valence-corrected chi connectivity index (χ3v) is 5.69. The molecule has 2 aromatic rings. The van der Waals surface area contributed by atoms with Gasteiger partial charge in [0.1, 0.15) is 12.6 Å². The first-order valence-corrected chi connectivity index (χ1v) is 10.1. The third kappa shape index (κ3) is 4.73. The van der Waals surface area contributed by atoms with Gasteiger partial charge in [-0.3, -0.25) is 0 Å². The summed E-state index contributed by atoms with van der Waals surface area (Å²) in [5.41, 5.74) is 3.53. The van der Waals surface area contributed by atoms with E-state index in [4.69, 9.17) is 9.47 Å². The van der Waals surface area contributed by atoms with E-state index in [0.717, 1.165) is 22.3 Å². The van der Waals surface area contributed by atoms with Crippen LogP contribution in [-0.2, 0) is 14.3 Å². The van der Waals surface area contributed by atoms with Crippen molar-refractivity contribution in [3.63, 3.8) is 0 Å². The molecule has 2 N–H and O–H groups in total. The van der Waals surface area contributed by atoms with Gasteiger partial charge in [-0.05, 0) is 29.2 Å². The molecule has 6 heteroatoms. The minimum Gasteiger partial charge on any atom is -0.480 e. The number of hydrogen-bond acceptors (Lipinski definition) is 4. The Morgan fingerprint density at radius 3 is 2.23 bits per heavy atom. The Kier molecular flexibility index (Phi) is 6.98. The Morgan fingerprint density at radius 2 is 1.71 bits per heavy atom. The monoisotopic (exact) mass is 421 g/mol. The van der Waals surface area contributed by atoms with Gasteiger partial charge in [-0.1, -0.05) is 55.5 Å². The summed E-state index contributed by atoms with van der Waals surface area (Å²) in [6.45, 7) is 3.65. The van der Waals surface area contributed by atoms with Gasteiger partial charge in [-0.2, -0.15) is 0 Å². The molecule has 6 nitrogen and oxygen atoms in total. The van der Waals surface area contributed by atoms with Crippen molar-refractivity contribution in [2.75, 3.05) is 20.3 Å². The van der Waals surface area contributed by atoms with Crippen LogP contribution >= 0.6 is 0 Å². The lowest BCUT2D eigenvalue weighted by Crippen LogP contribution is -2.53. The van der Waals surface area contributed by atoms with Crippen LogP contribution in [0.25, 0.3) is 11.1 Å². The summed E-state index contributed by atoms with van der Waals surface area (Å²) in [6.07, 6.45) is -0.515. The summed E-state index contributed by atoms with van der Waals surface area (Å²) in [4.78, 5) is 24.5. The number of benzene rings is 2. The van der Waals surface area contributed by atoms with Gasteiger partial charge in [-0.25, -0.2) is 9.59 Å². The second kappa shape index (κ2) is 9.67. The van der Waals surface area contributed by atoms with Crippen LogP contribution < -0.4 is 5.32 Å². The van der Waals surface area contributed by atoms with Crippen molar-refractivity contribution < 1.29 is 24.2 Å². The van der Waals surface area contributed by atoms with Crippen LogP contribution in [0.1, 0.15) is 37.3 Å². The zero-order chi connectivity index (χ0) is 22.4. The molecule has 3 rings (SSSR count). The van der Waals surface area contributed by atoms with E-state index in [1.807, 2.05) is 36.4 Å². The zero-order valence-corrected chi connectivity index (χ0v) is 18.0. The lowest BCUT2D eigenvalue weighted by atomic mass is 9.80. The van der Waals surface area contributed by atoms with Crippen molar-refractivity contribution in [1.82, 2.24) is 5.32 Å². The van der Waals surface area contributed by atoms with Crippen molar-refractivity contribution in [1.29, 1.82) is 0 Å². The standard InChI is InChI=1S/C25H27NO5/c1-4-5-14-25(2,16-30-3)22(23(27)28)26-24(29)31-15-21-19-12-8-6-10-17(19)18-11-7-9-13-20(18)21/h6-13,21-22H,14-16H2,1-3H3,(H,26,29)(H,27,28)/t22-,25+/m0/s1. The summed E-state index contributed by atoms with van der Waals surface area (Å²) in [5.74, 6) is 4.40. The number of fused-ring (bicyclic) bond motifs is 3. The Hall–Kier alpha value is -3.30. The Bertz CT molecular complexity index is 976. The number of nitrogens with one attached hydrogen (secondary N) is 1. The zero-order valence-electron chi connectivity index (χ0n) is 18.0. The number of aliphatic carboxylic acids is 1. The normalized spacial score (nSPS) is 14.9. The van der Waals surface area contributed by atoms with Gasteiger partial charge in [0.05, 0.1) is 6.61 Å². The molecule has 0 saturated carbocycles. The first-order valence-electron chi connectivity index (χ1n) is 10.1. The van der Waals surface area contributed by atoms with Gasteiger partial charge in [0, 0.05) is 24.9 Å². The molecule has 0 aliphatic heterocycles. The molecule has 31 heavy (non-hydrogen) atoms. The number of rotatable bonds is 8. The fraction of sp³-hybridized carbons (Fsp3) is 0.360. The molecule has 2 aromatic carbocycles. The average Bonchev–Trinajstić information content (AvgIpc) is 3.08. The summed E-state index contributed by atoms with van der Waals surface area (Å²) >= 11 is 0. The average molecular weight is 421 g/mol. The van der Waals surface area contributed by atoms with Gasteiger partial charge in [0.15, 0.2) is 0 Å². The highest BCUT2D eigenvalue weighted by Gasteiger charge is 2.41. The summed E-state index contributed by atoms with van der Waals surface area (Å²) in [5, 5.41) is 12.3. The fourth-order valence-electron chi connectivity index (χ4n) is 4.15. The largest absolute Gasteiger partial charge is 0.480 e. The minimum atomic E-state index is -1.20. The Labute approximate surface area is 182 Å². The highest BCUT2D eigenvalue weighted by molar-refractivity contribution is 5.81. The van der Waals surface area contributed by atoms with E-state index in [9.17, 15) is 14.7 Å². The lowest BCUT2D eigenvalue weighted by Gasteiger charge is -2.33. The van der Waals surface area contributed by atoms with Crippen LogP contribution in [0.5, 0.6) is 0 Å². The van der Waals surface area contributed by atoms with Gasteiger partial charge in [-0.15, -0.1) is 11.8 Å². The molecular formula is C25H27NO5. The molecule has 0 fully saturated rings. The lowest BCUT2D eigenvalue weighted by molar-refractivity contribution is -0.144. The van der Waals surface area contributed by atoms with E-state index in [2.05, 4.69) is 29.3 Å². The van der Waals surface area contributed by atoms with E-state index in [1.54, 1.807) is 13.8 Å². The minimum absolute atomic E-state index is 0.0993. The molecule has 0 aromatic heterocycles. The number of hydrogen-bond donors (Lipinski definition) is 2. The molecule has 2 atom stereocenters. The van der Waals surface area contributed by atoms with E-state index in [1.165, 1.54) is 7.11 Å². The molecule has 1 amide bonds. The number of carbonyl (C=O) groups is 2. The quantitative estimate of drug-likeness (QED) is 0.629. The summed E-state index contributed by atoms with van der Waals surface area (Å²) < 4.78 is 10.7. The fourth-order valence-corrected chi connectivity index (χ4v) is 4.15. The predicted molar refractivity (Wildman–Crippen MR) is 118 cm³/mol. The molecule has 0 bridgehead atoms. The second-order valence-corrected chi connectivity index (χ2v) is 7.93. The molecule has 0 unspecified atom stereocenters. The van der Waals surface area contributed by atoms with Gasteiger partial charge in [0.2, 0.25) is 0 Å². The number of ether oxygens (including phenoxy) is 2. The van der Waals surface area contributed by atoms with Gasteiger partial charge >= 0.3 is 12.1 Å². The van der Waals surface area contributed by atoms with Gasteiger partial charge < -0.3 is 19.9 Å². The predicted octanol–water partition coefficient (Wildman–Crippen LogP) is 4.04. The molecule has 0 radical (unpaired) electrons. The van der Waals surface area contributed by atoms with Crippen LogP contribution in [0.2, 0.25) is 0 Å². The first-order chi connectivity index (χ1) is 14.9. The van der Waals surface area contributed by atoms with Gasteiger partial charge in [0.25, 0.3) is 0 Å². The van der Waals surface area contributed by atoms with Crippen molar-refractivity contribution >= 4 is 12.1 Å². The van der Waals surface area contributed by atoms with Crippen LogP contribution in [0.4, 0.5) is 4.79 Å². The molecule has 0 spiro atoms. The first kappa shape index (κ1) is 22.4. The van der Waals surface area contributed by atoms with Crippen molar-refractivity contribution in [2.45, 2.75) is 32.2 Å². The molecular weight excluding hydrogens is 394 g/mol. The number of carboxylic acids is 1. The second-order valence-electron chi connectivity index (χ2n) is 7.93. The smallest absolute Gasteiger partial charge is 0.407 e. The van der Waals surface area contributed by atoms with Crippen molar-refractivity contribution in [3.8, 4) is 23.0 Å². The Morgan fingerprint density at radius 1 is 1.13 bits per heavy atom. The third-order valence-electron chi connectivity index (χ3n) is 5.69. The van der Waals surface area contributed by atoms with Crippen molar-refractivity contribution in [2.24, 2.45) is 5.41 Å². The number of carbonyl (C=O) groups excluding carboxylic acids is 1. The molecule has 0 heterocycles. The maximum atomic E-state index is 12.6. The maximum absolute atomic E-state index is 12.6. The van der Waals surface area contributed by atoms with E-state index in [-0.39, 0.29) is 25.6 Å². The molecule has 162 valence electrons. The van der Waals surface area contributed by atoms with E-state index in [0.29, 0.717) is 0 Å². The van der Waals surface area contributed by atoms with Crippen molar-refractivity contribution in [3.05, 3.63) is 59.7 Å². The number of alkyl carbamates (subject to hydrolysis) is 1. The van der Waals surface area contributed by atoms with E-state index >= 15 is 0 Å². The van der Waals surface area contributed by atoms with Crippen LogP contribution in [0.15, 0.2) is 48.5 Å². The number of amides is 1. The highest BCUT2D eigenvalue weighted by atomic mass is 16.5. The highest BCUT2D eigenvalue weighted by Crippen LogP contribution is 2.44. The topological polar surface area (TPSA) is 84.9 Å². The van der Waals surface area contributed by atoms with E-state index < -0.39 is 23.5 Å². The van der Waals surface area contributed by atoms with Crippen LogP contribution in [-0.4, -0.2) is 43.5 Å². The van der Waals surface area contributed by atoms with Crippen LogP contribution in [0, 0.1) is 17.3 Å². The summed E-state index contributed by atoms with van der Waals surface area (Å²) in [6, 6.07) is 14.9. The number of methoxy groups -OCH3 is 1. The maximum Gasteiger partial charge on any atom is 0.407 e. The summed E-state index contributed by atoms with van der Waals surface area (Å²) in [7, 11) is 1.49. The Balaban J connectivity index is 1.74. The molecule has 1 aliphatic carbocycles. The number of carboxylic acid groups (broad SMARTS) is 1. The molecule has 1 aliphatic rings. The van der Waals surface area contributed by atoms with Crippen LogP contribution in [0.3, 0.4) is 0 Å². The molecule has 0 saturated heterocycles.